The lowest BCUT2D eigenvalue weighted by Crippen LogP contribution is -2.33. The van der Waals surface area contributed by atoms with Crippen molar-refractivity contribution in [3.8, 4) is 11.8 Å². The molecule has 25 heavy (non-hydrogen) atoms. The second kappa shape index (κ2) is 8.14. The molecule has 0 spiro atoms. The van der Waals surface area contributed by atoms with E-state index in [-0.39, 0.29) is 11.5 Å². The maximum atomic E-state index is 12.1. The van der Waals surface area contributed by atoms with Crippen molar-refractivity contribution in [1.29, 1.82) is 5.26 Å². The number of benzene rings is 1. The molecule has 8 heteroatoms. The maximum absolute atomic E-state index is 12.1. The molecule has 0 aliphatic rings. The second-order valence-corrected chi connectivity index (χ2v) is 6.71. The van der Waals surface area contributed by atoms with Crippen LogP contribution in [0, 0.1) is 16.1 Å². The van der Waals surface area contributed by atoms with E-state index < -0.39 is 6.03 Å². The highest BCUT2D eigenvalue weighted by atomic mass is 32.2. The predicted octanol–water partition coefficient (Wildman–Crippen LogP) is 3.16. The Labute approximate surface area is 155 Å². The summed E-state index contributed by atoms with van der Waals surface area (Å²) in [5.74, 6) is 0. The number of hydrogen-bond donors (Lipinski definition) is 1. The van der Waals surface area contributed by atoms with Gasteiger partial charge in [-0.05, 0) is 44.5 Å². The van der Waals surface area contributed by atoms with Gasteiger partial charge in [0.05, 0.1) is 0 Å². The number of nitriles is 1. The summed E-state index contributed by atoms with van der Waals surface area (Å²) < 4.78 is 3.85. The average molecular weight is 374 g/mol. The zero-order valence-corrected chi connectivity index (χ0v) is 16.1. The van der Waals surface area contributed by atoms with Gasteiger partial charge in [0.2, 0.25) is 0 Å². The molecule has 1 N–H and O–H groups in total. The van der Waals surface area contributed by atoms with E-state index in [2.05, 4.69) is 16.4 Å². The Morgan fingerprint density at radius 3 is 2.52 bits per heavy atom. The Kier molecular flexibility index (Phi) is 6.17. The van der Waals surface area contributed by atoms with Crippen molar-refractivity contribution in [2.45, 2.75) is 24.9 Å². The number of carbonyl (C=O) groups excluding carboxylic acids is 1. The summed E-state index contributed by atoms with van der Waals surface area (Å²) in [6.07, 6.45) is 1.86. The summed E-state index contributed by atoms with van der Waals surface area (Å²) in [4.78, 5) is 16.1. The molecule has 1 aromatic carbocycles. The van der Waals surface area contributed by atoms with Crippen molar-refractivity contribution in [3.63, 3.8) is 0 Å². The first-order valence-corrected chi connectivity index (χ1v) is 9.24. The molecule has 0 fully saturated rings. The minimum atomic E-state index is -0.499. The third kappa shape index (κ3) is 4.00. The highest BCUT2D eigenvalue weighted by Gasteiger charge is 2.16. The summed E-state index contributed by atoms with van der Waals surface area (Å²) >= 11 is 6.96. The van der Waals surface area contributed by atoms with Gasteiger partial charge in [0.15, 0.2) is 10.3 Å². The van der Waals surface area contributed by atoms with E-state index in [1.54, 1.807) is 11.6 Å². The van der Waals surface area contributed by atoms with Gasteiger partial charge < -0.3 is 9.88 Å². The molecule has 1 heterocycles. The SMILES string of the molecule is CSc1c(C#N)/c(=N/C(=O)NC(C)C)n(C)c(=S)n1-c1ccccc1. The standard InChI is InChI=1S/C17H19N5OS2/c1-11(2)19-16(23)20-14-13(10-18)15(25-4)22(17(24)21(14)3)12-8-6-5-7-9-12/h5-9,11H,1-4H3,(H,19,23)/b20-14-. The molecule has 0 saturated carbocycles. The molecule has 0 unspecified atom stereocenters. The van der Waals surface area contributed by atoms with Crippen LogP contribution in [0.2, 0.25) is 0 Å². The fourth-order valence-corrected chi connectivity index (χ4v) is 3.36. The molecule has 6 nitrogen and oxygen atoms in total. The number of nitrogens with zero attached hydrogens (tertiary/aromatic N) is 4. The average Bonchev–Trinajstić information content (AvgIpc) is 2.58. The molecule has 2 rings (SSSR count). The molecular weight excluding hydrogens is 354 g/mol. The summed E-state index contributed by atoms with van der Waals surface area (Å²) in [5, 5.41) is 13.0. The van der Waals surface area contributed by atoms with Gasteiger partial charge in [0.25, 0.3) is 0 Å². The molecule has 0 saturated heterocycles. The van der Waals surface area contributed by atoms with Crippen LogP contribution < -0.4 is 10.8 Å². The Hall–Kier alpha value is -2.37. The summed E-state index contributed by atoms with van der Waals surface area (Å²) in [5.41, 5.74) is 1.41. The zero-order valence-electron chi connectivity index (χ0n) is 14.5. The molecule has 1 aromatic heterocycles. The van der Waals surface area contributed by atoms with Crippen molar-refractivity contribution in [1.82, 2.24) is 14.5 Å². The summed E-state index contributed by atoms with van der Waals surface area (Å²) in [7, 11) is 1.70. The largest absolute Gasteiger partial charge is 0.343 e. The molecule has 0 bridgehead atoms. The predicted molar refractivity (Wildman–Crippen MR) is 101 cm³/mol. The molecule has 0 aliphatic heterocycles. The number of amides is 2. The number of rotatable bonds is 3. The Bertz CT molecular complexity index is 952. The molecule has 0 aliphatic carbocycles. The number of hydrogen-bond acceptors (Lipinski definition) is 4. The van der Waals surface area contributed by atoms with Gasteiger partial charge in [-0.2, -0.15) is 10.3 Å². The van der Waals surface area contributed by atoms with Crippen molar-refractivity contribution < 1.29 is 4.79 Å². The molecule has 0 atom stereocenters. The fraction of sp³-hybridized carbons (Fsp3) is 0.294. The molecule has 2 aromatic rings. The minimum absolute atomic E-state index is 0.0481. The third-order valence-electron chi connectivity index (χ3n) is 3.38. The van der Waals surface area contributed by atoms with Crippen molar-refractivity contribution in [2.75, 3.05) is 6.26 Å². The van der Waals surface area contributed by atoms with Crippen LogP contribution in [-0.4, -0.2) is 27.5 Å². The molecule has 130 valence electrons. The van der Waals surface area contributed by atoms with Gasteiger partial charge in [-0.25, -0.2) is 4.79 Å². The van der Waals surface area contributed by atoms with Crippen LogP contribution in [0.1, 0.15) is 19.4 Å². The fourth-order valence-electron chi connectivity index (χ4n) is 2.30. The maximum Gasteiger partial charge on any atom is 0.343 e. The zero-order chi connectivity index (χ0) is 18.6. The lowest BCUT2D eigenvalue weighted by molar-refractivity contribution is 0.246. The van der Waals surface area contributed by atoms with Crippen LogP contribution in [0.3, 0.4) is 0 Å². The first kappa shape index (κ1) is 19.0. The lowest BCUT2D eigenvalue weighted by Gasteiger charge is -2.17. The number of aromatic nitrogens is 2. The van der Waals surface area contributed by atoms with E-state index >= 15 is 0 Å². The smallest absolute Gasteiger partial charge is 0.334 e. The van der Waals surface area contributed by atoms with E-state index in [4.69, 9.17) is 12.2 Å². The van der Waals surface area contributed by atoms with E-state index in [0.717, 1.165) is 5.69 Å². The van der Waals surface area contributed by atoms with E-state index in [9.17, 15) is 10.1 Å². The highest BCUT2D eigenvalue weighted by Crippen LogP contribution is 2.22. The molecular formula is C17H19N5OS2. The van der Waals surface area contributed by atoms with Crippen LogP contribution in [0.4, 0.5) is 4.79 Å². The first-order valence-electron chi connectivity index (χ1n) is 7.61. The van der Waals surface area contributed by atoms with Gasteiger partial charge in [-0.3, -0.25) is 4.57 Å². The summed E-state index contributed by atoms with van der Waals surface area (Å²) in [6, 6.07) is 11.2. The Morgan fingerprint density at radius 2 is 2.00 bits per heavy atom. The normalized spacial score (nSPS) is 11.4. The van der Waals surface area contributed by atoms with Crippen LogP contribution in [0.25, 0.3) is 5.69 Å². The van der Waals surface area contributed by atoms with Crippen LogP contribution >= 0.6 is 24.0 Å². The number of nitrogens with one attached hydrogen (secondary N) is 1. The van der Waals surface area contributed by atoms with Gasteiger partial charge in [-0.15, -0.1) is 11.8 Å². The monoisotopic (exact) mass is 373 g/mol. The van der Waals surface area contributed by atoms with Gasteiger partial charge >= 0.3 is 6.03 Å². The lowest BCUT2D eigenvalue weighted by atomic mass is 10.3. The minimum Gasteiger partial charge on any atom is -0.334 e. The van der Waals surface area contributed by atoms with Crippen molar-refractivity contribution >= 4 is 30.0 Å². The number of para-hydroxylation sites is 1. The van der Waals surface area contributed by atoms with Gasteiger partial charge in [-0.1, -0.05) is 18.2 Å². The van der Waals surface area contributed by atoms with Gasteiger partial charge in [0.1, 0.15) is 16.7 Å². The quantitative estimate of drug-likeness (QED) is 0.509. The van der Waals surface area contributed by atoms with E-state index in [1.807, 2.05) is 55.0 Å². The number of carbonyl (C=O) groups is 1. The van der Waals surface area contributed by atoms with E-state index in [0.29, 0.717) is 15.4 Å². The Balaban J connectivity index is 2.85. The van der Waals surface area contributed by atoms with Gasteiger partial charge in [0, 0.05) is 18.8 Å². The van der Waals surface area contributed by atoms with Crippen molar-refractivity contribution in [3.05, 3.63) is 46.2 Å². The second-order valence-electron chi connectivity index (χ2n) is 5.55. The molecule has 2 amide bonds. The summed E-state index contributed by atoms with van der Waals surface area (Å²) in [6.45, 7) is 3.69. The van der Waals surface area contributed by atoms with Crippen LogP contribution in [-0.2, 0) is 7.05 Å². The highest BCUT2D eigenvalue weighted by molar-refractivity contribution is 7.98. The van der Waals surface area contributed by atoms with E-state index in [1.165, 1.54) is 11.8 Å². The molecule has 0 radical (unpaired) electrons. The Morgan fingerprint density at radius 1 is 1.36 bits per heavy atom. The topological polar surface area (TPSA) is 75.1 Å². The van der Waals surface area contributed by atoms with Crippen LogP contribution in [0.5, 0.6) is 0 Å². The van der Waals surface area contributed by atoms with Crippen molar-refractivity contribution in [2.24, 2.45) is 12.0 Å². The number of urea groups is 1. The first-order chi connectivity index (χ1) is 11.9. The third-order valence-corrected chi connectivity index (χ3v) is 4.61. The van der Waals surface area contributed by atoms with Crippen LogP contribution in [0.15, 0.2) is 40.4 Å². The number of thioether (sulfide) groups is 1.